The van der Waals surface area contributed by atoms with Crippen molar-refractivity contribution < 1.29 is 18.7 Å². The number of carbonyl (C=O) groups excluding carboxylic acids is 1. The third kappa shape index (κ3) is 3.63. The van der Waals surface area contributed by atoms with Crippen molar-refractivity contribution in [3.05, 3.63) is 69.6 Å². The molecule has 1 aromatic heterocycles. The van der Waals surface area contributed by atoms with Crippen LogP contribution in [0.25, 0.3) is 11.0 Å². The fraction of sp³-hybridized carbons (Fsp3) is 0.100. The molecule has 0 radical (unpaired) electrons. The highest BCUT2D eigenvalue weighted by Crippen LogP contribution is 2.27. The van der Waals surface area contributed by atoms with Gasteiger partial charge in [-0.1, -0.05) is 0 Å². The molecular weight excluding hydrogens is 348 g/mol. The van der Waals surface area contributed by atoms with E-state index in [0.29, 0.717) is 16.9 Å². The molecule has 7 heteroatoms. The quantitative estimate of drug-likeness (QED) is 0.516. The lowest BCUT2D eigenvalue weighted by Crippen LogP contribution is -2.16. The lowest BCUT2D eigenvalue weighted by Gasteiger charge is -2.08. The third-order valence-electron chi connectivity index (χ3n) is 3.67. The van der Waals surface area contributed by atoms with Crippen LogP contribution in [-0.2, 0) is 4.74 Å². The van der Waals surface area contributed by atoms with Crippen molar-refractivity contribution in [2.75, 3.05) is 6.61 Å². The highest BCUT2D eigenvalue weighted by Gasteiger charge is 2.15. The van der Waals surface area contributed by atoms with E-state index in [-0.39, 0.29) is 28.9 Å². The van der Waals surface area contributed by atoms with Gasteiger partial charge in [0.05, 0.1) is 17.7 Å². The molecule has 0 aliphatic heterocycles. The molecule has 0 spiro atoms. The number of esters is 1. The van der Waals surface area contributed by atoms with Crippen molar-refractivity contribution in [2.45, 2.75) is 6.92 Å². The first-order valence-corrected chi connectivity index (χ1v) is 7.93. The summed E-state index contributed by atoms with van der Waals surface area (Å²) < 4.78 is 15.7. The number of hydrogen-bond acceptors (Lipinski definition) is 7. The van der Waals surface area contributed by atoms with Gasteiger partial charge < -0.3 is 13.9 Å². The predicted octanol–water partition coefficient (Wildman–Crippen LogP) is 3.51. The van der Waals surface area contributed by atoms with E-state index in [1.54, 1.807) is 25.1 Å². The van der Waals surface area contributed by atoms with E-state index in [4.69, 9.17) is 24.4 Å². The minimum Gasteiger partial charge on any atom is -0.462 e. The summed E-state index contributed by atoms with van der Waals surface area (Å²) in [6, 6.07) is 14.5. The van der Waals surface area contributed by atoms with Crippen LogP contribution in [0.1, 0.15) is 28.4 Å². The Morgan fingerprint density at radius 2 is 1.74 bits per heavy atom. The second kappa shape index (κ2) is 7.42. The van der Waals surface area contributed by atoms with E-state index >= 15 is 0 Å². The maximum atomic E-state index is 12.0. The van der Waals surface area contributed by atoms with Crippen LogP contribution < -0.4 is 10.4 Å². The normalized spacial score (nSPS) is 10.0. The van der Waals surface area contributed by atoms with Crippen molar-refractivity contribution in [3.8, 4) is 23.6 Å². The smallest absolute Gasteiger partial charge is 0.351 e. The van der Waals surface area contributed by atoms with E-state index < -0.39 is 11.6 Å². The first kappa shape index (κ1) is 17.7. The predicted molar refractivity (Wildman–Crippen MR) is 94.4 cm³/mol. The van der Waals surface area contributed by atoms with E-state index in [0.717, 1.165) is 0 Å². The Balaban J connectivity index is 1.95. The molecule has 0 saturated carbocycles. The summed E-state index contributed by atoms with van der Waals surface area (Å²) in [4.78, 5) is 23.8. The summed E-state index contributed by atoms with van der Waals surface area (Å²) in [5.41, 5.74) is -0.297. The van der Waals surface area contributed by atoms with Gasteiger partial charge in [0.25, 0.3) is 0 Å². The molecule has 1 heterocycles. The van der Waals surface area contributed by atoms with Crippen LogP contribution >= 0.6 is 0 Å². The van der Waals surface area contributed by atoms with Crippen LogP contribution in [0.2, 0.25) is 0 Å². The Bertz CT molecular complexity index is 1180. The lowest BCUT2D eigenvalue weighted by molar-refractivity contribution is 0.0522. The van der Waals surface area contributed by atoms with Crippen molar-refractivity contribution in [3.63, 3.8) is 0 Å². The summed E-state index contributed by atoms with van der Waals surface area (Å²) in [5.74, 6) is -0.0198. The Hall–Kier alpha value is -4.10. The van der Waals surface area contributed by atoms with Crippen LogP contribution in [0.3, 0.4) is 0 Å². The lowest BCUT2D eigenvalue weighted by atomic mass is 10.1. The topological polar surface area (TPSA) is 113 Å². The van der Waals surface area contributed by atoms with E-state index in [1.165, 1.54) is 24.3 Å². The van der Waals surface area contributed by atoms with Crippen molar-refractivity contribution in [2.24, 2.45) is 0 Å². The zero-order valence-corrected chi connectivity index (χ0v) is 14.2. The Morgan fingerprint density at radius 1 is 1.04 bits per heavy atom. The largest absolute Gasteiger partial charge is 0.462 e. The molecule has 0 saturated heterocycles. The van der Waals surface area contributed by atoms with Gasteiger partial charge >= 0.3 is 11.6 Å². The average Bonchev–Trinajstić information content (AvgIpc) is 2.67. The summed E-state index contributed by atoms with van der Waals surface area (Å²) in [6.45, 7) is 1.80. The maximum absolute atomic E-state index is 12.0. The number of carbonyl (C=O) groups is 1. The number of nitrogens with zero attached hydrogens (tertiary/aromatic N) is 2. The molecule has 0 aliphatic carbocycles. The molecule has 0 aliphatic rings. The van der Waals surface area contributed by atoms with Gasteiger partial charge in [-0.3, -0.25) is 0 Å². The summed E-state index contributed by atoms with van der Waals surface area (Å²) in [7, 11) is 0. The number of fused-ring (bicyclic) bond motifs is 1. The summed E-state index contributed by atoms with van der Waals surface area (Å²) in [5, 5.41) is 18.6. The minimum atomic E-state index is -0.803. The van der Waals surface area contributed by atoms with E-state index in [1.807, 2.05) is 12.1 Å². The number of benzene rings is 2. The molecule has 132 valence electrons. The fourth-order valence-corrected chi connectivity index (χ4v) is 2.42. The molecule has 0 amide bonds. The Kier molecular flexibility index (Phi) is 4.87. The summed E-state index contributed by atoms with van der Waals surface area (Å²) in [6.07, 6.45) is 0. The minimum absolute atomic E-state index is 0.151. The van der Waals surface area contributed by atoms with E-state index in [2.05, 4.69) is 0 Å². The molecule has 2 aromatic carbocycles. The van der Waals surface area contributed by atoms with Gasteiger partial charge in [0, 0.05) is 11.5 Å². The van der Waals surface area contributed by atoms with Crippen LogP contribution in [0.5, 0.6) is 11.5 Å². The zero-order valence-electron chi connectivity index (χ0n) is 14.2. The van der Waals surface area contributed by atoms with E-state index in [9.17, 15) is 9.59 Å². The molecule has 0 bridgehead atoms. The third-order valence-corrected chi connectivity index (χ3v) is 3.67. The van der Waals surface area contributed by atoms with Gasteiger partial charge in [0.1, 0.15) is 34.8 Å². The molecule has 27 heavy (non-hydrogen) atoms. The van der Waals surface area contributed by atoms with Gasteiger partial charge in [0.15, 0.2) is 0 Å². The van der Waals surface area contributed by atoms with Crippen LogP contribution in [0.15, 0.2) is 51.7 Å². The summed E-state index contributed by atoms with van der Waals surface area (Å²) >= 11 is 0. The SMILES string of the molecule is CCOC(=O)c1cc2ccc(Oc3ccc(C#N)c(C#N)c3)cc2oc1=O. The molecule has 0 unspecified atom stereocenters. The highest BCUT2D eigenvalue weighted by molar-refractivity contribution is 5.93. The number of nitriles is 2. The molecular formula is C20H12N2O5. The van der Waals surface area contributed by atoms with Crippen molar-refractivity contribution >= 4 is 16.9 Å². The number of rotatable bonds is 4. The van der Waals surface area contributed by atoms with Gasteiger partial charge in [-0.25, -0.2) is 9.59 Å². The number of hydrogen-bond donors (Lipinski definition) is 0. The Morgan fingerprint density at radius 3 is 2.44 bits per heavy atom. The van der Waals surface area contributed by atoms with Crippen molar-refractivity contribution in [1.29, 1.82) is 10.5 Å². The molecule has 0 atom stereocenters. The fourth-order valence-electron chi connectivity index (χ4n) is 2.42. The average molecular weight is 360 g/mol. The van der Waals surface area contributed by atoms with Gasteiger partial charge in [-0.15, -0.1) is 0 Å². The molecule has 0 fully saturated rings. The number of ether oxygens (including phenoxy) is 2. The van der Waals surface area contributed by atoms with Gasteiger partial charge in [-0.05, 0) is 43.3 Å². The molecule has 7 nitrogen and oxygen atoms in total. The monoisotopic (exact) mass is 360 g/mol. The maximum Gasteiger partial charge on any atom is 0.351 e. The van der Waals surface area contributed by atoms with Gasteiger partial charge in [-0.2, -0.15) is 10.5 Å². The second-order valence-corrected chi connectivity index (χ2v) is 5.40. The molecule has 3 aromatic rings. The second-order valence-electron chi connectivity index (χ2n) is 5.40. The van der Waals surface area contributed by atoms with Crippen LogP contribution in [0, 0.1) is 22.7 Å². The standard InChI is InChI=1S/C20H12N2O5/c1-2-25-19(23)17-8-12-3-5-16(9-18(12)27-20(17)24)26-15-6-4-13(10-21)14(7-15)11-22/h3-9H,2H2,1H3. The molecule has 0 N–H and O–H groups in total. The first-order chi connectivity index (χ1) is 13.0. The Labute approximate surface area is 153 Å². The zero-order chi connectivity index (χ0) is 19.4. The van der Waals surface area contributed by atoms with Crippen LogP contribution in [-0.4, -0.2) is 12.6 Å². The molecule has 3 rings (SSSR count). The van der Waals surface area contributed by atoms with Crippen molar-refractivity contribution in [1.82, 2.24) is 0 Å². The first-order valence-electron chi connectivity index (χ1n) is 7.93. The van der Waals surface area contributed by atoms with Crippen LogP contribution in [0.4, 0.5) is 0 Å². The van der Waals surface area contributed by atoms with Gasteiger partial charge in [0.2, 0.25) is 0 Å². The highest BCUT2D eigenvalue weighted by atomic mass is 16.5.